The lowest BCUT2D eigenvalue weighted by molar-refractivity contribution is 0.229. The van der Waals surface area contributed by atoms with Crippen LogP contribution in [0.2, 0.25) is 0 Å². The van der Waals surface area contributed by atoms with Crippen LogP contribution in [0, 0.1) is 0 Å². The predicted octanol–water partition coefficient (Wildman–Crippen LogP) is 3.10. The van der Waals surface area contributed by atoms with Crippen molar-refractivity contribution in [3.63, 3.8) is 0 Å². The van der Waals surface area contributed by atoms with Gasteiger partial charge in [0.2, 0.25) is 5.44 Å². The molecule has 0 aliphatic rings. The molecule has 1 heterocycles. The molecule has 2 aromatic rings. The van der Waals surface area contributed by atoms with E-state index in [9.17, 15) is 4.57 Å². The van der Waals surface area contributed by atoms with Gasteiger partial charge in [0.05, 0.1) is 18.9 Å². The third-order valence-electron chi connectivity index (χ3n) is 2.63. The zero-order valence-corrected chi connectivity index (χ0v) is 13.1. The lowest BCUT2D eigenvalue weighted by Crippen LogP contribution is -2.12. The molecule has 2 rings (SSSR count). The van der Waals surface area contributed by atoms with Crippen molar-refractivity contribution in [2.45, 2.75) is 13.8 Å². The maximum absolute atomic E-state index is 12.8. The molecule has 22 heavy (non-hydrogen) atoms. The zero-order chi connectivity index (χ0) is 16.0. The fraction of sp³-hybridized carbons (Fsp3) is 0.333. The topological polar surface area (TPSA) is 115 Å². The van der Waals surface area contributed by atoms with Crippen molar-refractivity contribution in [3.05, 3.63) is 40.8 Å². The van der Waals surface area contributed by atoms with Crippen LogP contribution in [0.4, 0.5) is 5.82 Å². The molecule has 0 saturated heterocycles. The number of para-hydroxylation sites is 1. The molecule has 0 spiro atoms. The van der Waals surface area contributed by atoms with Crippen molar-refractivity contribution in [1.82, 2.24) is 15.0 Å². The molecule has 0 radical (unpaired) electrons. The van der Waals surface area contributed by atoms with E-state index < -0.39 is 7.60 Å². The molecule has 1 aromatic heterocycles. The minimum Gasteiger partial charge on any atom is -0.304 e. The van der Waals surface area contributed by atoms with Gasteiger partial charge in [-0.25, -0.2) is 4.68 Å². The summed E-state index contributed by atoms with van der Waals surface area (Å²) < 4.78 is 24.6. The van der Waals surface area contributed by atoms with Crippen LogP contribution in [0.3, 0.4) is 0 Å². The first-order chi connectivity index (χ1) is 10.7. The Bertz CT molecular complexity index is 716. The summed E-state index contributed by atoms with van der Waals surface area (Å²) in [5.74, 6) is -0.0149. The Balaban J connectivity index is 2.60. The Labute approximate surface area is 127 Å². The average molecular weight is 322 g/mol. The molecular formula is C12H15N6O3P. The second-order valence-electron chi connectivity index (χ2n) is 4.01. The Kier molecular flexibility index (Phi) is 5.30. The van der Waals surface area contributed by atoms with Crippen molar-refractivity contribution < 1.29 is 13.6 Å². The summed E-state index contributed by atoms with van der Waals surface area (Å²) in [6.07, 6.45) is 0. The zero-order valence-electron chi connectivity index (χ0n) is 12.2. The van der Waals surface area contributed by atoms with Crippen LogP contribution < -0.4 is 5.44 Å². The lowest BCUT2D eigenvalue weighted by atomic mass is 10.3. The third kappa shape index (κ3) is 3.18. The minimum atomic E-state index is -3.70. The number of rotatable bonds is 7. The minimum absolute atomic E-state index is 0.0149. The number of hydrogen-bond donors (Lipinski definition) is 0. The van der Waals surface area contributed by atoms with Crippen LogP contribution in [-0.2, 0) is 13.6 Å². The van der Waals surface area contributed by atoms with E-state index >= 15 is 0 Å². The van der Waals surface area contributed by atoms with Crippen LogP contribution in [0.15, 0.2) is 35.4 Å². The highest BCUT2D eigenvalue weighted by atomic mass is 31.2. The molecule has 0 N–H and O–H groups in total. The van der Waals surface area contributed by atoms with Crippen molar-refractivity contribution in [2.24, 2.45) is 5.11 Å². The van der Waals surface area contributed by atoms with E-state index in [0.29, 0.717) is 5.69 Å². The molecule has 0 bridgehead atoms. The number of hydrogen-bond acceptors (Lipinski definition) is 6. The summed E-state index contributed by atoms with van der Waals surface area (Å²) in [4.78, 5) is 2.75. The van der Waals surface area contributed by atoms with Crippen LogP contribution >= 0.6 is 7.60 Å². The van der Waals surface area contributed by atoms with E-state index in [2.05, 4.69) is 20.3 Å². The van der Waals surface area contributed by atoms with Crippen molar-refractivity contribution in [2.75, 3.05) is 13.2 Å². The average Bonchev–Trinajstić information content (AvgIpc) is 2.93. The predicted molar refractivity (Wildman–Crippen MR) is 80.7 cm³/mol. The van der Waals surface area contributed by atoms with Crippen molar-refractivity contribution in [1.29, 1.82) is 0 Å². The van der Waals surface area contributed by atoms with Crippen LogP contribution in [-0.4, -0.2) is 28.2 Å². The summed E-state index contributed by atoms with van der Waals surface area (Å²) >= 11 is 0. The van der Waals surface area contributed by atoms with Gasteiger partial charge in [0.25, 0.3) is 0 Å². The maximum atomic E-state index is 12.8. The Morgan fingerprint density at radius 1 is 1.27 bits per heavy atom. The first kappa shape index (κ1) is 16.2. The molecule has 0 aliphatic carbocycles. The van der Waals surface area contributed by atoms with E-state index in [4.69, 9.17) is 14.6 Å². The monoisotopic (exact) mass is 322 g/mol. The second-order valence-corrected chi connectivity index (χ2v) is 5.94. The van der Waals surface area contributed by atoms with E-state index in [1.54, 1.807) is 38.1 Å². The van der Waals surface area contributed by atoms with Gasteiger partial charge in [0.1, 0.15) is 0 Å². The molecule has 0 aliphatic heterocycles. The summed E-state index contributed by atoms with van der Waals surface area (Å²) in [5, 5.41) is 11.3. The molecule has 9 nitrogen and oxygen atoms in total. The van der Waals surface area contributed by atoms with Gasteiger partial charge in [0.15, 0.2) is 5.82 Å². The summed E-state index contributed by atoms with van der Waals surface area (Å²) in [7, 11) is -3.70. The number of benzene rings is 1. The highest BCUT2D eigenvalue weighted by molar-refractivity contribution is 7.62. The highest BCUT2D eigenvalue weighted by Crippen LogP contribution is 2.48. The second kappa shape index (κ2) is 7.20. The highest BCUT2D eigenvalue weighted by Gasteiger charge is 2.35. The number of aromatic nitrogens is 3. The van der Waals surface area contributed by atoms with Crippen molar-refractivity contribution in [3.8, 4) is 5.69 Å². The normalized spacial score (nSPS) is 11.2. The molecule has 0 amide bonds. The number of azide groups is 1. The van der Waals surface area contributed by atoms with Gasteiger partial charge >= 0.3 is 7.60 Å². The first-order valence-electron chi connectivity index (χ1n) is 6.62. The lowest BCUT2D eigenvalue weighted by Gasteiger charge is -2.14. The molecule has 0 fully saturated rings. The van der Waals surface area contributed by atoms with Gasteiger partial charge in [-0.1, -0.05) is 23.4 Å². The standard InChI is InChI=1S/C12H15N6O3P/c1-3-20-22(19,21-4-2)12-11(14-16-13)18(17-15-12)10-8-6-5-7-9-10/h5-9H,3-4H2,1-2H3. The molecular weight excluding hydrogens is 307 g/mol. The van der Waals surface area contributed by atoms with Gasteiger partial charge in [-0.2, -0.15) is 0 Å². The smallest absolute Gasteiger partial charge is 0.304 e. The first-order valence-corrected chi connectivity index (χ1v) is 8.16. The quantitative estimate of drug-likeness (QED) is 0.336. The Morgan fingerprint density at radius 3 is 2.45 bits per heavy atom. The molecule has 0 atom stereocenters. The van der Waals surface area contributed by atoms with Crippen LogP contribution in [0.1, 0.15) is 13.8 Å². The summed E-state index contributed by atoms with van der Waals surface area (Å²) in [5.41, 5.74) is 9.29. The molecule has 10 heteroatoms. The van der Waals surface area contributed by atoms with Gasteiger partial charge in [0, 0.05) is 4.91 Å². The third-order valence-corrected chi connectivity index (χ3v) is 4.63. The maximum Gasteiger partial charge on any atom is 0.383 e. The summed E-state index contributed by atoms with van der Waals surface area (Å²) in [6, 6.07) is 8.92. The molecule has 0 saturated carbocycles. The summed E-state index contributed by atoms with van der Waals surface area (Å²) in [6.45, 7) is 3.68. The molecule has 0 unspecified atom stereocenters. The van der Waals surface area contributed by atoms with Gasteiger partial charge in [-0.15, -0.1) is 5.10 Å². The van der Waals surface area contributed by atoms with Gasteiger partial charge in [-0.3, -0.25) is 4.57 Å². The largest absolute Gasteiger partial charge is 0.383 e. The van der Waals surface area contributed by atoms with Gasteiger partial charge < -0.3 is 9.05 Å². The van der Waals surface area contributed by atoms with Crippen LogP contribution in [0.5, 0.6) is 0 Å². The molecule has 116 valence electrons. The molecule has 1 aromatic carbocycles. The SMILES string of the molecule is CCOP(=O)(OCC)c1nnn(-c2ccccc2)c1N=[N+]=[N-]. The fourth-order valence-electron chi connectivity index (χ4n) is 1.82. The van der Waals surface area contributed by atoms with Crippen LogP contribution in [0.25, 0.3) is 16.1 Å². The van der Waals surface area contributed by atoms with Gasteiger partial charge in [-0.05, 0) is 36.6 Å². The fourth-order valence-corrected chi connectivity index (χ4v) is 3.35. The van der Waals surface area contributed by atoms with Crippen molar-refractivity contribution >= 4 is 18.8 Å². The van der Waals surface area contributed by atoms with E-state index in [0.717, 1.165) is 0 Å². The Hall–Kier alpha value is -2.18. The van der Waals surface area contributed by atoms with E-state index in [-0.39, 0.29) is 24.5 Å². The van der Waals surface area contributed by atoms with E-state index in [1.807, 2.05) is 6.07 Å². The Morgan fingerprint density at radius 2 is 1.91 bits per heavy atom. The van der Waals surface area contributed by atoms with E-state index in [1.165, 1.54) is 4.68 Å². The number of nitrogens with zero attached hydrogens (tertiary/aromatic N) is 6.